The van der Waals surface area contributed by atoms with Crippen molar-refractivity contribution in [3.8, 4) is 0 Å². The average molecular weight is 470 g/mol. The van der Waals surface area contributed by atoms with Gasteiger partial charge >= 0.3 is 0 Å². The Morgan fingerprint density at radius 3 is 1.38 bits per heavy atom. The van der Waals surface area contributed by atoms with Crippen LogP contribution in [0.2, 0.25) is 0 Å². The SMILES string of the molecule is CC(=O)[O-].c1ccc(CCNCC[P+](c2ccccc2)(c2ccccc2)c2ccccc2)cc1. The van der Waals surface area contributed by atoms with Gasteiger partial charge in [-0.1, -0.05) is 84.9 Å². The molecule has 0 aliphatic carbocycles. The van der Waals surface area contributed by atoms with Crippen LogP contribution in [0.1, 0.15) is 12.5 Å². The molecule has 0 bridgehead atoms. The summed E-state index contributed by atoms with van der Waals surface area (Å²) in [5, 5.41) is 17.0. The van der Waals surface area contributed by atoms with Crippen molar-refractivity contribution in [3.63, 3.8) is 0 Å². The zero-order valence-corrected chi connectivity index (χ0v) is 20.5. The molecule has 4 aromatic rings. The molecule has 1 N–H and O–H groups in total. The quantitative estimate of drug-likeness (QED) is 0.301. The van der Waals surface area contributed by atoms with E-state index >= 15 is 0 Å². The fraction of sp³-hybridized carbons (Fsp3) is 0.167. The minimum absolute atomic E-state index is 0.972. The Morgan fingerprint density at radius 1 is 0.647 bits per heavy atom. The van der Waals surface area contributed by atoms with Gasteiger partial charge in [0.15, 0.2) is 0 Å². The molecule has 0 spiro atoms. The van der Waals surface area contributed by atoms with Crippen molar-refractivity contribution >= 4 is 29.1 Å². The van der Waals surface area contributed by atoms with E-state index in [-0.39, 0.29) is 0 Å². The van der Waals surface area contributed by atoms with Crippen LogP contribution in [0, 0.1) is 0 Å². The van der Waals surface area contributed by atoms with Gasteiger partial charge in [0.05, 0.1) is 6.16 Å². The van der Waals surface area contributed by atoms with Gasteiger partial charge in [-0.2, -0.15) is 0 Å². The highest BCUT2D eigenvalue weighted by molar-refractivity contribution is 7.95. The monoisotopic (exact) mass is 469 g/mol. The van der Waals surface area contributed by atoms with Crippen LogP contribution in [0.4, 0.5) is 0 Å². The van der Waals surface area contributed by atoms with Crippen molar-refractivity contribution in [1.29, 1.82) is 0 Å². The van der Waals surface area contributed by atoms with Gasteiger partial charge in [0.2, 0.25) is 0 Å². The number of rotatable bonds is 9. The maximum atomic E-state index is 8.89. The van der Waals surface area contributed by atoms with Gasteiger partial charge in [-0.15, -0.1) is 0 Å². The smallest absolute Gasteiger partial charge is 0.113 e. The summed E-state index contributed by atoms with van der Waals surface area (Å²) in [5.41, 5.74) is 1.39. The van der Waals surface area contributed by atoms with Crippen molar-refractivity contribution in [2.24, 2.45) is 0 Å². The number of carboxylic acids is 1. The van der Waals surface area contributed by atoms with E-state index in [1.54, 1.807) is 0 Å². The minimum Gasteiger partial charge on any atom is -0.550 e. The Balaban J connectivity index is 0.000000751. The Morgan fingerprint density at radius 2 is 1.00 bits per heavy atom. The number of aliphatic carboxylic acids is 1. The third-order valence-corrected chi connectivity index (χ3v) is 10.1. The molecule has 4 rings (SSSR count). The minimum atomic E-state index is -1.73. The van der Waals surface area contributed by atoms with Gasteiger partial charge < -0.3 is 15.2 Å². The summed E-state index contributed by atoms with van der Waals surface area (Å²) in [6.07, 6.45) is 2.17. The molecule has 4 aromatic carbocycles. The van der Waals surface area contributed by atoms with Crippen LogP contribution in [0.25, 0.3) is 0 Å². The molecule has 0 amide bonds. The lowest BCUT2D eigenvalue weighted by Gasteiger charge is -2.27. The van der Waals surface area contributed by atoms with Gasteiger partial charge in [0.25, 0.3) is 0 Å². The van der Waals surface area contributed by atoms with Gasteiger partial charge in [-0.25, -0.2) is 0 Å². The molecule has 0 aromatic heterocycles. The highest BCUT2D eigenvalue weighted by Gasteiger charge is 2.44. The van der Waals surface area contributed by atoms with E-state index in [9.17, 15) is 0 Å². The summed E-state index contributed by atoms with van der Waals surface area (Å²) in [5.74, 6) is -1.08. The number of nitrogens with one attached hydrogen (secondary N) is 1. The third-order valence-electron chi connectivity index (χ3n) is 5.65. The standard InChI is InChI=1S/C28H29NP.C2H4O2/c1-5-13-25(14-6-1)21-22-29-23-24-30(26-15-7-2-8-16-26,27-17-9-3-10-18-27)28-19-11-4-12-20-28;1-2(3)4/h1-20,29H,21-24H2;1H3,(H,3,4)/q+1;/p-1. The predicted octanol–water partition coefficient (Wildman–Crippen LogP) is 3.57. The number of carboxylic acid groups (broad SMARTS) is 1. The second kappa shape index (κ2) is 13.4. The van der Waals surface area contributed by atoms with Crippen molar-refractivity contribution < 1.29 is 9.90 Å². The summed E-state index contributed by atoms with van der Waals surface area (Å²) in [4.78, 5) is 8.89. The Hall–Kier alpha value is -3.26. The molecule has 0 unspecified atom stereocenters. The molecule has 0 atom stereocenters. The Bertz CT molecular complexity index is 1000. The molecule has 0 aliphatic heterocycles. The first-order valence-electron chi connectivity index (χ1n) is 11.6. The van der Waals surface area contributed by atoms with Crippen LogP contribution in [-0.2, 0) is 11.2 Å². The highest BCUT2D eigenvalue weighted by atomic mass is 31.2. The lowest BCUT2D eigenvalue weighted by Crippen LogP contribution is -2.36. The number of hydrogen-bond acceptors (Lipinski definition) is 3. The molecule has 0 saturated carbocycles. The second-order valence-electron chi connectivity index (χ2n) is 8.02. The van der Waals surface area contributed by atoms with Crippen LogP contribution in [-0.4, -0.2) is 25.2 Å². The van der Waals surface area contributed by atoms with E-state index in [1.165, 1.54) is 21.5 Å². The molecule has 174 valence electrons. The molecule has 0 aliphatic rings. The van der Waals surface area contributed by atoms with Crippen molar-refractivity contribution in [3.05, 3.63) is 127 Å². The van der Waals surface area contributed by atoms with E-state index in [0.29, 0.717) is 0 Å². The second-order valence-corrected chi connectivity index (χ2v) is 11.6. The van der Waals surface area contributed by atoms with E-state index in [0.717, 1.165) is 32.6 Å². The lowest BCUT2D eigenvalue weighted by molar-refractivity contribution is -0.302. The van der Waals surface area contributed by atoms with Gasteiger partial charge in [0.1, 0.15) is 23.2 Å². The van der Waals surface area contributed by atoms with Crippen LogP contribution in [0.15, 0.2) is 121 Å². The molecule has 0 radical (unpaired) electrons. The zero-order chi connectivity index (χ0) is 24.1. The third kappa shape index (κ3) is 7.12. The maximum Gasteiger partial charge on any atom is 0.113 e. The first-order chi connectivity index (χ1) is 16.6. The molecule has 3 nitrogen and oxygen atoms in total. The number of benzene rings is 4. The van der Waals surface area contributed by atoms with Gasteiger partial charge in [-0.3, -0.25) is 0 Å². The zero-order valence-electron chi connectivity index (χ0n) is 19.6. The Kier molecular flexibility index (Phi) is 10.0. The van der Waals surface area contributed by atoms with Crippen LogP contribution >= 0.6 is 7.26 Å². The summed E-state index contributed by atoms with van der Waals surface area (Å²) >= 11 is 0. The van der Waals surface area contributed by atoms with Crippen molar-refractivity contribution in [2.45, 2.75) is 13.3 Å². The fourth-order valence-corrected chi connectivity index (χ4v) is 8.34. The van der Waals surface area contributed by atoms with E-state index in [4.69, 9.17) is 9.90 Å². The summed E-state index contributed by atoms with van der Waals surface area (Å²) in [6.45, 7) is 2.97. The first kappa shape index (κ1) is 25.4. The normalized spacial score (nSPS) is 10.7. The van der Waals surface area contributed by atoms with Crippen LogP contribution < -0.4 is 26.3 Å². The fourth-order valence-electron chi connectivity index (χ4n) is 4.13. The number of hydrogen-bond donors (Lipinski definition) is 1. The number of carbonyl (C=O) groups excluding carboxylic acids is 1. The largest absolute Gasteiger partial charge is 0.550 e. The predicted molar refractivity (Wildman–Crippen MR) is 144 cm³/mol. The molecule has 0 heterocycles. The van der Waals surface area contributed by atoms with Crippen LogP contribution in [0.3, 0.4) is 0 Å². The molecular formula is C30H32NO2P. The van der Waals surface area contributed by atoms with Crippen molar-refractivity contribution in [1.82, 2.24) is 5.32 Å². The average Bonchev–Trinajstić information content (AvgIpc) is 2.88. The summed E-state index contributed by atoms with van der Waals surface area (Å²) in [7, 11) is -1.73. The van der Waals surface area contributed by atoms with E-state index in [1.807, 2.05) is 0 Å². The maximum absolute atomic E-state index is 8.89. The van der Waals surface area contributed by atoms with Gasteiger partial charge in [-0.05, 0) is 61.9 Å². The van der Waals surface area contributed by atoms with Gasteiger partial charge in [0, 0.05) is 12.5 Å². The van der Waals surface area contributed by atoms with Crippen molar-refractivity contribution in [2.75, 3.05) is 19.3 Å². The Labute approximate surface area is 203 Å². The van der Waals surface area contributed by atoms with E-state index < -0.39 is 13.2 Å². The summed E-state index contributed by atoms with van der Waals surface area (Å²) in [6, 6.07) is 44.1. The topological polar surface area (TPSA) is 52.2 Å². The molecule has 34 heavy (non-hydrogen) atoms. The highest BCUT2D eigenvalue weighted by Crippen LogP contribution is 2.54. The summed E-state index contributed by atoms with van der Waals surface area (Å²) < 4.78 is 0. The molecule has 0 saturated heterocycles. The lowest BCUT2D eigenvalue weighted by atomic mass is 10.1. The number of carbonyl (C=O) groups is 1. The molecule has 0 fully saturated rings. The van der Waals surface area contributed by atoms with Crippen LogP contribution in [0.5, 0.6) is 0 Å². The van der Waals surface area contributed by atoms with E-state index in [2.05, 4.69) is 127 Å². The molecule has 4 heteroatoms. The first-order valence-corrected chi connectivity index (χ1v) is 13.6. The molecular weight excluding hydrogens is 437 g/mol.